The molecule has 5 atom stereocenters. The minimum absolute atomic E-state index is 0.106. The highest BCUT2D eigenvalue weighted by molar-refractivity contribution is 7.47. The summed E-state index contributed by atoms with van der Waals surface area (Å²) in [6.07, 6.45) is 39.5. The van der Waals surface area contributed by atoms with Crippen LogP contribution in [0.1, 0.15) is 304 Å². The van der Waals surface area contributed by atoms with Gasteiger partial charge in [-0.05, 0) is 25.7 Å². The summed E-state index contributed by atoms with van der Waals surface area (Å²) in [6, 6.07) is 0. The summed E-state index contributed by atoms with van der Waals surface area (Å²) in [5.74, 6) is -2.15. The number of ether oxygens (including phenoxy) is 4. The zero-order valence-electron chi connectivity index (χ0n) is 50.3. The van der Waals surface area contributed by atoms with E-state index in [4.69, 9.17) is 37.0 Å². The average Bonchev–Trinajstić information content (AvgIpc) is 3.42. The third kappa shape index (κ3) is 55.0. The molecule has 0 aromatic heterocycles. The van der Waals surface area contributed by atoms with Crippen LogP contribution in [-0.2, 0) is 65.4 Å². The van der Waals surface area contributed by atoms with E-state index in [-0.39, 0.29) is 25.7 Å². The van der Waals surface area contributed by atoms with Gasteiger partial charge in [0.05, 0.1) is 26.4 Å². The van der Waals surface area contributed by atoms with Crippen molar-refractivity contribution in [3.63, 3.8) is 0 Å². The van der Waals surface area contributed by atoms with Crippen molar-refractivity contribution in [2.24, 2.45) is 0 Å². The Morgan fingerprint density at radius 2 is 0.506 bits per heavy atom. The molecule has 19 heteroatoms. The number of phosphoric acid groups is 2. The summed E-state index contributed by atoms with van der Waals surface area (Å²) in [4.78, 5) is 71.6. The van der Waals surface area contributed by atoms with Crippen molar-refractivity contribution in [1.82, 2.24) is 0 Å². The fourth-order valence-corrected chi connectivity index (χ4v) is 10.5. The van der Waals surface area contributed by atoms with E-state index in [1.165, 1.54) is 128 Å². The molecule has 0 saturated carbocycles. The molecule has 0 aliphatic rings. The molecule has 468 valence electrons. The van der Waals surface area contributed by atoms with Gasteiger partial charge in [-0.1, -0.05) is 252 Å². The molecule has 0 radical (unpaired) electrons. The number of carbonyl (C=O) groups is 4. The summed E-state index contributed by atoms with van der Waals surface area (Å²) in [6.45, 7) is 4.72. The Kier molecular flexibility index (Phi) is 53.9. The molecule has 0 aliphatic carbocycles. The van der Waals surface area contributed by atoms with Gasteiger partial charge in [-0.2, -0.15) is 0 Å². The Bertz CT molecular complexity index is 1540. The molecule has 0 rings (SSSR count). The molecule has 0 heterocycles. The maximum Gasteiger partial charge on any atom is 0.472 e. The Labute approximate surface area is 479 Å². The predicted molar refractivity (Wildman–Crippen MR) is 312 cm³/mol. The summed E-state index contributed by atoms with van der Waals surface area (Å²) < 4.78 is 67.5. The second-order valence-corrected chi connectivity index (χ2v) is 24.6. The number of hydrogen-bond donors (Lipinski definition) is 3. The topological polar surface area (TPSA) is 237 Å². The van der Waals surface area contributed by atoms with Crippen LogP contribution in [0.3, 0.4) is 0 Å². The normalized spacial score (nSPS) is 14.3. The minimum atomic E-state index is -4.93. The molecule has 0 saturated heterocycles. The van der Waals surface area contributed by atoms with Crippen LogP contribution < -0.4 is 0 Å². The number of unbranched alkanes of at least 4 members (excludes halogenated alkanes) is 35. The average molecular weight is 1170 g/mol. The van der Waals surface area contributed by atoms with Crippen molar-refractivity contribution >= 4 is 39.5 Å². The monoisotopic (exact) mass is 1170 g/mol. The number of aliphatic hydroxyl groups excluding tert-OH is 1. The zero-order chi connectivity index (χ0) is 58.3. The number of rotatable bonds is 61. The first-order valence-corrected chi connectivity index (χ1v) is 34.8. The van der Waals surface area contributed by atoms with Gasteiger partial charge in [0.1, 0.15) is 19.3 Å². The number of aliphatic hydroxyl groups is 1. The van der Waals surface area contributed by atoms with Crippen molar-refractivity contribution in [2.75, 3.05) is 39.6 Å². The molecule has 0 aliphatic heterocycles. The molecule has 0 bridgehead atoms. The lowest BCUT2D eigenvalue weighted by Gasteiger charge is -2.21. The largest absolute Gasteiger partial charge is 0.472 e. The van der Waals surface area contributed by atoms with Crippen molar-refractivity contribution in [1.29, 1.82) is 0 Å². The lowest BCUT2D eigenvalue weighted by Crippen LogP contribution is -2.30. The van der Waals surface area contributed by atoms with Gasteiger partial charge in [-0.3, -0.25) is 37.3 Å². The van der Waals surface area contributed by atoms with Crippen LogP contribution >= 0.6 is 15.6 Å². The van der Waals surface area contributed by atoms with Gasteiger partial charge in [0.25, 0.3) is 0 Å². The van der Waals surface area contributed by atoms with Crippen LogP contribution in [0.4, 0.5) is 0 Å². The van der Waals surface area contributed by atoms with Crippen molar-refractivity contribution in [3.8, 4) is 0 Å². The van der Waals surface area contributed by atoms with E-state index in [9.17, 15) is 43.2 Å². The predicted octanol–water partition coefficient (Wildman–Crippen LogP) is 16.4. The molecule has 0 aromatic rings. The maximum absolute atomic E-state index is 12.9. The fraction of sp³-hybridized carbons (Fsp3) is 0.933. The van der Waals surface area contributed by atoms with Crippen molar-refractivity contribution < 1.29 is 80.2 Å². The molecule has 17 nitrogen and oxygen atoms in total. The van der Waals surface area contributed by atoms with E-state index < -0.39 is 97.5 Å². The lowest BCUT2D eigenvalue weighted by atomic mass is 10.0. The molecule has 2 unspecified atom stereocenters. The van der Waals surface area contributed by atoms with Gasteiger partial charge in [-0.25, -0.2) is 9.13 Å². The van der Waals surface area contributed by atoms with Crippen molar-refractivity contribution in [3.05, 3.63) is 0 Å². The van der Waals surface area contributed by atoms with Crippen LogP contribution in [0.25, 0.3) is 0 Å². The molecule has 79 heavy (non-hydrogen) atoms. The molecule has 3 N–H and O–H groups in total. The molecular formula is C60H116O17P2. The first-order chi connectivity index (χ1) is 38.2. The zero-order valence-corrected chi connectivity index (χ0v) is 52.1. The summed E-state index contributed by atoms with van der Waals surface area (Å²) in [7, 11) is -9.86. The fourth-order valence-electron chi connectivity index (χ4n) is 8.93. The second-order valence-electron chi connectivity index (χ2n) is 21.7. The highest BCUT2D eigenvalue weighted by Crippen LogP contribution is 2.45. The van der Waals surface area contributed by atoms with Gasteiger partial charge in [0.2, 0.25) is 0 Å². The van der Waals surface area contributed by atoms with E-state index in [0.29, 0.717) is 25.7 Å². The van der Waals surface area contributed by atoms with Crippen LogP contribution in [0.5, 0.6) is 0 Å². The summed E-state index contributed by atoms with van der Waals surface area (Å²) >= 11 is 0. The second kappa shape index (κ2) is 55.3. The molecule has 0 amide bonds. The highest BCUT2D eigenvalue weighted by Gasteiger charge is 2.30. The number of esters is 4. The first kappa shape index (κ1) is 77.1. The van der Waals surface area contributed by atoms with E-state index in [0.717, 1.165) is 96.3 Å². The van der Waals surface area contributed by atoms with Crippen LogP contribution in [0.2, 0.25) is 0 Å². The van der Waals surface area contributed by atoms with Gasteiger partial charge in [-0.15, -0.1) is 0 Å². The van der Waals surface area contributed by atoms with Gasteiger partial charge in [0.15, 0.2) is 12.2 Å². The number of carbonyl (C=O) groups excluding carboxylic acids is 4. The Morgan fingerprint density at radius 1 is 0.304 bits per heavy atom. The van der Waals surface area contributed by atoms with E-state index in [1.54, 1.807) is 0 Å². The smallest absolute Gasteiger partial charge is 0.462 e. The maximum atomic E-state index is 12.9. The Morgan fingerprint density at radius 3 is 0.759 bits per heavy atom. The van der Waals surface area contributed by atoms with Crippen molar-refractivity contribution in [2.45, 2.75) is 322 Å². The summed E-state index contributed by atoms with van der Waals surface area (Å²) in [5.41, 5.74) is 0. The van der Waals surface area contributed by atoms with Crippen LogP contribution in [-0.4, -0.2) is 96.7 Å². The van der Waals surface area contributed by atoms with Crippen LogP contribution in [0, 0.1) is 0 Å². The quantitative estimate of drug-likeness (QED) is 0.0222. The number of hydrogen-bond acceptors (Lipinski definition) is 15. The number of phosphoric ester groups is 2. The standard InChI is InChI=1S/C60H116O17P2/c1-5-9-13-17-20-23-25-27-28-29-31-33-36-39-43-47-60(65)77-56(51-71-58(63)45-41-37-34-22-19-15-11-7-3)53-75-79(68,69)73-49-54(61)48-72-78(66,67)74-52-55(50-70-57(62)44-40-16-12-8-4)76-59(64)46-42-38-35-32-30-26-24-21-18-14-10-6-2/h54-56,61H,5-53H2,1-4H3,(H,66,67)(H,68,69)/t54-,55-,56-/m1/s1. The summed E-state index contributed by atoms with van der Waals surface area (Å²) in [5, 5.41) is 10.5. The van der Waals surface area contributed by atoms with Gasteiger partial charge < -0.3 is 33.8 Å². The third-order valence-electron chi connectivity index (χ3n) is 13.9. The van der Waals surface area contributed by atoms with Gasteiger partial charge >= 0.3 is 39.5 Å². The Hall–Kier alpha value is -1.94. The first-order valence-electron chi connectivity index (χ1n) is 31.8. The van der Waals surface area contributed by atoms with E-state index in [2.05, 4.69) is 27.7 Å². The van der Waals surface area contributed by atoms with Crippen LogP contribution in [0.15, 0.2) is 0 Å². The highest BCUT2D eigenvalue weighted by atomic mass is 31.2. The Balaban J connectivity index is 5.10. The molecule has 0 fully saturated rings. The van der Waals surface area contributed by atoms with E-state index in [1.807, 2.05) is 0 Å². The van der Waals surface area contributed by atoms with E-state index >= 15 is 0 Å². The molecular weight excluding hydrogens is 1050 g/mol. The molecule has 0 spiro atoms. The molecule has 0 aromatic carbocycles. The SMILES string of the molecule is CCCCCCCCCCCCCCCCCC(=O)O[C@H](COC(=O)CCCCCCCCCC)COP(=O)(O)OC[C@H](O)COP(=O)(O)OC[C@@H](COC(=O)CCCCCC)OC(=O)CCCCCCCCCCCCCC. The lowest BCUT2D eigenvalue weighted by molar-refractivity contribution is -0.161. The minimum Gasteiger partial charge on any atom is -0.462 e. The third-order valence-corrected chi connectivity index (χ3v) is 15.8. The van der Waals surface area contributed by atoms with Gasteiger partial charge in [0, 0.05) is 25.7 Å².